The Labute approximate surface area is 83.5 Å². The van der Waals surface area contributed by atoms with Crippen molar-refractivity contribution in [2.24, 2.45) is 0 Å². The lowest BCUT2D eigenvalue weighted by molar-refractivity contribution is -0.121. The van der Waals surface area contributed by atoms with Crippen molar-refractivity contribution in [2.45, 2.75) is 31.7 Å². The first kappa shape index (κ1) is 9.19. The lowest BCUT2D eigenvalue weighted by Crippen LogP contribution is -2.35. The van der Waals surface area contributed by atoms with Gasteiger partial charge in [0.1, 0.15) is 0 Å². The lowest BCUT2D eigenvalue weighted by atomic mass is 10.2. The molecule has 0 aliphatic heterocycles. The molecule has 1 amide bonds. The number of carbonyl (C=O) groups is 1. The molecule has 3 nitrogen and oxygen atoms in total. The maximum absolute atomic E-state index is 11.5. The monoisotopic (exact) mass is 190 g/mol. The quantitative estimate of drug-likeness (QED) is 0.780. The van der Waals surface area contributed by atoms with Crippen molar-refractivity contribution in [3.05, 3.63) is 30.1 Å². The summed E-state index contributed by atoms with van der Waals surface area (Å²) in [5.41, 5.74) is 1.05. The zero-order valence-electron chi connectivity index (χ0n) is 8.29. The highest BCUT2D eigenvalue weighted by molar-refractivity contribution is 5.79. The first-order valence-corrected chi connectivity index (χ1v) is 4.88. The number of amides is 1. The Morgan fingerprint density at radius 2 is 2.43 bits per heavy atom. The number of hydrogen-bond donors (Lipinski definition) is 1. The average molecular weight is 190 g/mol. The summed E-state index contributed by atoms with van der Waals surface area (Å²) in [4.78, 5) is 15.5. The van der Waals surface area contributed by atoms with E-state index in [0.717, 1.165) is 18.4 Å². The highest BCUT2D eigenvalue weighted by Crippen LogP contribution is 2.34. The molecule has 0 bridgehead atoms. The number of rotatable bonds is 3. The Bertz CT molecular complexity index is 330. The van der Waals surface area contributed by atoms with Gasteiger partial charge in [-0.2, -0.15) is 0 Å². The summed E-state index contributed by atoms with van der Waals surface area (Å²) >= 11 is 0. The van der Waals surface area contributed by atoms with Gasteiger partial charge in [-0.15, -0.1) is 0 Å². The number of pyridine rings is 1. The van der Waals surface area contributed by atoms with Crippen LogP contribution in [0.5, 0.6) is 0 Å². The van der Waals surface area contributed by atoms with E-state index < -0.39 is 0 Å². The minimum absolute atomic E-state index is 0.0826. The maximum Gasteiger partial charge on any atom is 0.224 e. The Hall–Kier alpha value is -1.38. The minimum Gasteiger partial charge on any atom is -0.351 e. The third-order valence-corrected chi connectivity index (χ3v) is 2.53. The molecule has 1 aromatic heterocycles. The molecule has 0 radical (unpaired) electrons. The molecule has 2 rings (SSSR count). The smallest absolute Gasteiger partial charge is 0.224 e. The minimum atomic E-state index is 0.0826. The maximum atomic E-state index is 11.5. The van der Waals surface area contributed by atoms with Crippen LogP contribution >= 0.6 is 0 Å². The second-order valence-electron chi connectivity index (χ2n) is 4.15. The van der Waals surface area contributed by atoms with E-state index in [4.69, 9.17) is 0 Å². The molecule has 74 valence electrons. The summed E-state index contributed by atoms with van der Waals surface area (Å²) in [6, 6.07) is 3.77. The molecule has 1 N–H and O–H groups in total. The molecule has 1 aliphatic carbocycles. The van der Waals surface area contributed by atoms with Crippen LogP contribution < -0.4 is 5.32 Å². The van der Waals surface area contributed by atoms with Crippen LogP contribution in [-0.4, -0.2) is 16.4 Å². The van der Waals surface area contributed by atoms with E-state index >= 15 is 0 Å². The van der Waals surface area contributed by atoms with Crippen molar-refractivity contribution >= 4 is 5.91 Å². The number of carbonyl (C=O) groups excluding carboxylic acids is 1. The first-order chi connectivity index (χ1) is 6.68. The van der Waals surface area contributed by atoms with Gasteiger partial charge in [-0.25, -0.2) is 0 Å². The standard InChI is InChI=1S/C11H14N2O/c1-11(4-5-11)13-10(14)7-9-3-2-6-12-8-9/h2-3,6,8H,4-5,7H2,1H3,(H,13,14). The molecule has 1 saturated carbocycles. The van der Waals surface area contributed by atoms with Crippen molar-refractivity contribution in [2.75, 3.05) is 0 Å². The van der Waals surface area contributed by atoms with Gasteiger partial charge in [0.2, 0.25) is 5.91 Å². The van der Waals surface area contributed by atoms with Crippen molar-refractivity contribution in [1.29, 1.82) is 0 Å². The van der Waals surface area contributed by atoms with Gasteiger partial charge in [0.25, 0.3) is 0 Å². The molecule has 1 aliphatic rings. The van der Waals surface area contributed by atoms with Crippen LogP contribution in [0.4, 0.5) is 0 Å². The highest BCUT2D eigenvalue weighted by atomic mass is 16.1. The van der Waals surface area contributed by atoms with Gasteiger partial charge in [-0.3, -0.25) is 9.78 Å². The third kappa shape index (κ3) is 2.31. The SMILES string of the molecule is CC1(NC(=O)Cc2cccnc2)CC1. The fourth-order valence-corrected chi connectivity index (χ4v) is 1.38. The van der Waals surface area contributed by atoms with Gasteiger partial charge in [-0.1, -0.05) is 6.07 Å². The van der Waals surface area contributed by atoms with Gasteiger partial charge in [0.05, 0.1) is 6.42 Å². The van der Waals surface area contributed by atoms with Crippen LogP contribution in [0, 0.1) is 0 Å². The van der Waals surface area contributed by atoms with Crippen molar-refractivity contribution in [3.63, 3.8) is 0 Å². The predicted octanol–water partition coefficient (Wildman–Crippen LogP) is 1.29. The normalized spacial score (nSPS) is 17.5. The number of aromatic nitrogens is 1. The van der Waals surface area contributed by atoms with E-state index in [1.165, 1.54) is 0 Å². The van der Waals surface area contributed by atoms with Gasteiger partial charge < -0.3 is 5.32 Å². The van der Waals surface area contributed by atoms with Gasteiger partial charge in [-0.05, 0) is 31.4 Å². The van der Waals surface area contributed by atoms with Crippen LogP contribution in [0.3, 0.4) is 0 Å². The highest BCUT2D eigenvalue weighted by Gasteiger charge is 2.38. The van der Waals surface area contributed by atoms with Crippen LogP contribution in [-0.2, 0) is 11.2 Å². The molecular weight excluding hydrogens is 176 g/mol. The van der Waals surface area contributed by atoms with Crippen LogP contribution in [0.1, 0.15) is 25.3 Å². The molecule has 1 heterocycles. The summed E-state index contributed by atoms with van der Waals surface area (Å²) < 4.78 is 0. The van der Waals surface area contributed by atoms with E-state index in [1.807, 2.05) is 12.1 Å². The average Bonchev–Trinajstić information content (AvgIpc) is 2.84. The lowest BCUT2D eigenvalue weighted by Gasteiger charge is -2.10. The van der Waals surface area contributed by atoms with E-state index in [2.05, 4.69) is 17.2 Å². The summed E-state index contributed by atoms with van der Waals surface area (Å²) in [5, 5.41) is 3.01. The van der Waals surface area contributed by atoms with E-state index in [-0.39, 0.29) is 11.4 Å². The van der Waals surface area contributed by atoms with Gasteiger partial charge in [0, 0.05) is 17.9 Å². The molecule has 0 saturated heterocycles. The molecule has 0 unspecified atom stereocenters. The van der Waals surface area contributed by atoms with E-state index in [1.54, 1.807) is 12.4 Å². The second-order valence-corrected chi connectivity index (χ2v) is 4.15. The van der Waals surface area contributed by atoms with E-state index in [9.17, 15) is 4.79 Å². The zero-order valence-corrected chi connectivity index (χ0v) is 8.29. The summed E-state index contributed by atoms with van der Waals surface area (Å²) in [7, 11) is 0. The Balaban J connectivity index is 1.89. The number of hydrogen-bond acceptors (Lipinski definition) is 2. The number of nitrogens with zero attached hydrogens (tertiary/aromatic N) is 1. The molecular formula is C11H14N2O. The molecule has 1 aromatic rings. The Morgan fingerprint density at radius 1 is 1.64 bits per heavy atom. The third-order valence-electron chi connectivity index (χ3n) is 2.53. The Morgan fingerprint density at radius 3 is 3.00 bits per heavy atom. The fraction of sp³-hybridized carbons (Fsp3) is 0.455. The molecule has 14 heavy (non-hydrogen) atoms. The van der Waals surface area contributed by atoms with Crippen molar-refractivity contribution in [3.8, 4) is 0 Å². The molecule has 0 spiro atoms. The largest absolute Gasteiger partial charge is 0.351 e. The van der Waals surface area contributed by atoms with Crippen LogP contribution in [0.2, 0.25) is 0 Å². The van der Waals surface area contributed by atoms with Crippen molar-refractivity contribution < 1.29 is 4.79 Å². The Kier molecular flexibility index (Phi) is 2.23. The predicted molar refractivity (Wildman–Crippen MR) is 53.7 cm³/mol. The van der Waals surface area contributed by atoms with E-state index in [0.29, 0.717) is 6.42 Å². The molecule has 3 heteroatoms. The second kappa shape index (κ2) is 3.40. The first-order valence-electron chi connectivity index (χ1n) is 4.88. The van der Waals surface area contributed by atoms with Crippen LogP contribution in [0.25, 0.3) is 0 Å². The summed E-state index contributed by atoms with van der Waals surface area (Å²) in [6.45, 7) is 2.08. The number of nitrogens with one attached hydrogen (secondary N) is 1. The molecule has 0 atom stereocenters. The molecule has 0 aromatic carbocycles. The summed E-state index contributed by atoms with van der Waals surface area (Å²) in [6.07, 6.45) is 6.08. The van der Waals surface area contributed by atoms with Gasteiger partial charge >= 0.3 is 0 Å². The summed E-state index contributed by atoms with van der Waals surface area (Å²) in [5.74, 6) is 0.0954. The zero-order chi connectivity index (χ0) is 10.0. The molecule has 1 fully saturated rings. The van der Waals surface area contributed by atoms with Crippen molar-refractivity contribution in [1.82, 2.24) is 10.3 Å². The fourth-order valence-electron chi connectivity index (χ4n) is 1.38. The van der Waals surface area contributed by atoms with Gasteiger partial charge in [0.15, 0.2) is 0 Å². The van der Waals surface area contributed by atoms with Crippen LogP contribution in [0.15, 0.2) is 24.5 Å². The topological polar surface area (TPSA) is 42.0 Å².